The Hall–Kier alpha value is -1.96. The van der Waals surface area contributed by atoms with Crippen LogP contribution in [0.5, 0.6) is 5.75 Å². The Morgan fingerprint density at radius 3 is 2.43 bits per heavy atom. The molecule has 3 rings (SSSR count). The van der Waals surface area contributed by atoms with Crippen LogP contribution < -0.4 is 9.64 Å². The highest BCUT2D eigenvalue weighted by Gasteiger charge is 2.34. The largest absolute Gasteiger partial charge is 0.484 e. The van der Waals surface area contributed by atoms with Crippen LogP contribution in [0.2, 0.25) is 0 Å². The van der Waals surface area contributed by atoms with Gasteiger partial charge in [0.1, 0.15) is 11.4 Å². The van der Waals surface area contributed by atoms with Crippen LogP contribution in [-0.4, -0.2) is 12.1 Å². The predicted octanol–water partition coefficient (Wildman–Crippen LogP) is 4.82. The van der Waals surface area contributed by atoms with Gasteiger partial charge < -0.3 is 9.64 Å². The van der Waals surface area contributed by atoms with E-state index in [1.165, 1.54) is 11.3 Å². The van der Waals surface area contributed by atoms with E-state index in [0.29, 0.717) is 6.04 Å². The summed E-state index contributed by atoms with van der Waals surface area (Å²) in [6.45, 7) is 7.47. The first-order valence-corrected chi connectivity index (χ1v) is 7.70. The van der Waals surface area contributed by atoms with E-state index in [-0.39, 0.29) is 5.60 Å². The summed E-state index contributed by atoms with van der Waals surface area (Å²) in [5.74, 6) is 0.989. The minimum absolute atomic E-state index is 0.170. The Morgan fingerprint density at radius 1 is 1.05 bits per heavy atom. The van der Waals surface area contributed by atoms with Crippen LogP contribution in [0.1, 0.15) is 38.8 Å². The quantitative estimate of drug-likeness (QED) is 0.800. The summed E-state index contributed by atoms with van der Waals surface area (Å²) in [6.07, 6.45) is 1.08. The van der Waals surface area contributed by atoms with Crippen molar-refractivity contribution in [2.24, 2.45) is 0 Å². The molecule has 0 bridgehead atoms. The topological polar surface area (TPSA) is 12.5 Å². The van der Waals surface area contributed by atoms with Crippen molar-refractivity contribution < 1.29 is 4.74 Å². The molecular formula is C19H23NO. The van der Waals surface area contributed by atoms with Crippen LogP contribution in [0.15, 0.2) is 54.6 Å². The third-order valence-corrected chi connectivity index (χ3v) is 4.06. The molecule has 0 amide bonds. The fourth-order valence-corrected chi connectivity index (χ4v) is 3.20. The monoisotopic (exact) mass is 281 g/mol. The maximum atomic E-state index is 6.14. The second-order valence-corrected chi connectivity index (χ2v) is 6.29. The lowest BCUT2D eigenvalue weighted by Crippen LogP contribution is -2.48. The molecule has 21 heavy (non-hydrogen) atoms. The van der Waals surface area contributed by atoms with Crippen molar-refractivity contribution in [2.75, 3.05) is 11.4 Å². The molecule has 2 nitrogen and oxygen atoms in total. The van der Waals surface area contributed by atoms with Gasteiger partial charge in [-0.2, -0.15) is 0 Å². The fraction of sp³-hybridized carbons (Fsp3) is 0.368. The predicted molar refractivity (Wildman–Crippen MR) is 88.0 cm³/mol. The molecular weight excluding hydrogens is 258 g/mol. The maximum Gasteiger partial charge on any atom is 0.143 e. The molecule has 0 spiro atoms. The molecule has 2 aromatic carbocycles. The Bertz CT molecular complexity index is 606. The minimum atomic E-state index is -0.170. The second kappa shape index (κ2) is 5.44. The van der Waals surface area contributed by atoms with E-state index in [2.05, 4.69) is 74.2 Å². The summed E-state index contributed by atoms with van der Waals surface area (Å²) in [5.41, 5.74) is 2.40. The normalized spacial score (nSPS) is 17.8. The molecule has 1 atom stereocenters. The van der Waals surface area contributed by atoms with Gasteiger partial charge in [-0.1, -0.05) is 49.4 Å². The van der Waals surface area contributed by atoms with Gasteiger partial charge in [-0.15, -0.1) is 0 Å². The van der Waals surface area contributed by atoms with Crippen molar-refractivity contribution in [1.82, 2.24) is 0 Å². The lowest BCUT2D eigenvalue weighted by molar-refractivity contribution is 0.101. The van der Waals surface area contributed by atoms with Gasteiger partial charge in [-0.3, -0.25) is 0 Å². The van der Waals surface area contributed by atoms with E-state index in [9.17, 15) is 0 Å². The van der Waals surface area contributed by atoms with E-state index in [1.807, 2.05) is 6.07 Å². The van der Waals surface area contributed by atoms with Crippen molar-refractivity contribution >= 4 is 5.69 Å². The lowest BCUT2D eigenvalue weighted by Gasteiger charge is -2.44. The summed E-state index contributed by atoms with van der Waals surface area (Å²) in [7, 11) is 0. The standard InChI is InChI=1S/C19H23NO/c1-4-16(15-10-6-5-7-11-15)20-14-19(2,3)21-18-13-9-8-12-17(18)20/h5-13,16H,4,14H2,1-3H3. The van der Waals surface area contributed by atoms with Crippen LogP contribution >= 0.6 is 0 Å². The molecule has 2 heteroatoms. The van der Waals surface area contributed by atoms with Gasteiger partial charge in [-0.25, -0.2) is 0 Å². The highest BCUT2D eigenvalue weighted by Crippen LogP contribution is 2.41. The average Bonchev–Trinajstić information content (AvgIpc) is 2.48. The summed E-state index contributed by atoms with van der Waals surface area (Å²) < 4.78 is 6.14. The molecule has 1 heterocycles. The van der Waals surface area contributed by atoms with E-state index < -0.39 is 0 Å². The van der Waals surface area contributed by atoms with Crippen molar-refractivity contribution in [3.05, 3.63) is 60.2 Å². The molecule has 2 aromatic rings. The average molecular weight is 281 g/mol. The molecule has 110 valence electrons. The first kappa shape index (κ1) is 14.0. The van der Waals surface area contributed by atoms with Crippen molar-refractivity contribution in [2.45, 2.75) is 38.8 Å². The van der Waals surface area contributed by atoms with E-state index >= 15 is 0 Å². The highest BCUT2D eigenvalue weighted by atomic mass is 16.5. The number of rotatable bonds is 3. The van der Waals surface area contributed by atoms with Gasteiger partial charge >= 0.3 is 0 Å². The molecule has 0 aromatic heterocycles. The summed E-state index contributed by atoms with van der Waals surface area (Å²) in [6, 6.07) is 19.5. The Morgan fingerprint density at radius 2 is 1.71 bits per heavy atom. The number of anilines is 1. The number of nitrogens with zero attached hydrogens (tertiary/aromatic N) is 1. The maximum absolute atomic E-state index is 6.14. The lowest BCUT2D eigenvalue weighted by atomic mass is 9.97. The van der Waals surface area contributed by atoms with Crippen molar-refractivity contribution in [3.63, 3.8) is 0 Å². The van der Waals surface area contributed by atoms with Crippen molar-refractivity contribution in [1.29, 1.82) is 0 Å². The van der Waals surface area contributed by atoms with E-state index in [1.54, 1.807) is 0 Å². The third kappa shape index (κ3) is 2.76. The third-order valence-electron chi connectivity index (χ3n) is 4.06. The van der Waals surface area contributed by atoms with E-state index in [0.717, 1.165) is 18.7 Å². The van der Waals surface area contributed by atoms with Gasteiger partial charge in [0.15, 0.2) is 0 Å². The first-order chi connectivity index (χ1) is 10.1. The number of ether oxygens (including phenoxy) is 1. The fourth-order valence-electron chi connectivity index (χ4n) is 3.20. The summed E-state index contributed by atoms with van der Waals surface area (Å²) in [5, 5.41) is 0. The number of benzene rings is 2. The number of para-hydroxylation sites is 2. The second-order valence-electron chi connectivity index (χ2n) is 6.29. The van der Waals surface area contributed by atoms with Crippen LogP contribution in [0.3, 0.4) is 0 Å². The van der Waals surface area contributed by atoms with E-state index in [4.69, 9.17) is 4.74 Å². The molecule has 0 radical (unpaired) electrons. The Balaban J connectivity index is 2.04. The molecule has 0 fully saturated rings. The Kier molecular flexibility index (Phi) is 3.62. The molecule has 0 aliphatic carbocycles. The molecule has 0 N–H and O–H groups in total. The molecule has 0 saturated carbocycles. The molecule has 1 aliphatic heterocycles. The smallest absolute Gasteiger partial charge is 0.143 e. The van der Waals surface area contributed by atoms with Gasteiger partial charge in [0.25, 0.3) is 0 Å². The molecule has 1 aliphatic rings. The SMILES string of the molecule is CCC(c1ccccc1)N1CC(C)(C)Oc2ccccc21. The van der Waals surface area contributed by atoms with Crippen LogP contribution in [0, 0.1) is 0 Å². The number of fused-ring (bicyclic) bond motifs is 1. The number of hydrogen-bond acceptors (Lipinski definition) is 2. The van der Waals surface area contributed by atoms with Gasteiger partial charge in [-0.05, 0) is 38.0 Å². The zero-order valence-corrected chi connectivity index (χ0v) is 13.0. The minimum Gasteiger partial charge on any atom is -0.484 e. The van der Waals surface area contributed by atoms with Gasteiger partial charge in [0, 0.05) is 0 Å². The zero-order valence-electron chi connectivity index (χ0n) is 13.0. The first-order valence-electron chi connectivity index (χ1n) is 7.70. The van der Waals surface area contributed by atoms with Gasteiger partial charge in [0.05, 0.1) is 18.3 Å². The molecule has 1 unspecified atom stereocenters. The van der Waals surface area contributed by atoms with Crippen LogP contribution in [-0.2, 0) is 0 Å². The Labute approximate surface area is 127 Å². The van der Waals surface area contributed by atoms with Crippen LogP contribution in [0.4, 0.5) is 5.69 Å². The summed E-state index contributed by atoms with van der Waals surface area (Å²) in [4.78, 5) is 2.49. The zero-order chi connectivity index (χ0) is 14.9. The highest BCUT2D eigenvalue weighted by molar-refractivity contribution is 5.62. The van der Waals surface area contributed by atoms with Crippen LogP contribution in [0.25, 0.3) is 0 Å². The molecule has 0 saturated heterocycles. The summed E-state index contributed by atoms with van der Waals surface area (Å²) >= 11 is 0. The van der Waals surface area contributed by atoms with Crippen molar-refractivity contribution in [3.8, 4) is 5.75 Å². The van der Waals surface area contributed by atoms with Gasteiger partial charge in [0.2, 0.25) is 0 Å². The number of hydrogen-bond donors (Lipinski definition) is 0.